The molecule has 1 aromatic heterocycles. The zero-order chi connectivity index (χ0) is 31.5. The Hall–Kier alpha value is -2.74. The van der Waals surface area contributed by atoms with Crippen LogP contribution in [0.4, 0.5) is 14.6 Å². The van der Waals surface area contributed by atoms with Crippen LogP contribution in [0.2, 0.25) is 10.0 Å². The molecule has 0 amide bonds. The summed E-state index contributed by atoms with van der Waals surface area (Å²) in [5.74, 6) is -1.58. The molecular formula is C32H37Cl2F2N5O2. The predicted molar refractivity (Wildman–Crippen MR) is 163 cm³/mol. The molecule has 5 rings (SSSR count). The number of halogens is 4. The van der Waals surface area contributed by atoms with Crippen LogP contribution >= 0.6 is 23.2 Å². The Morgan fingerprint density at radius 2 is 1.86 bits per heavy atom. The van der Waals surface area contributed by atoms with Crippen LogP contribution in [0.15, 0.2) is 48.7 Å². The molecule has 11 heteroatoms. The first-order chi connectivity index (χ1) is 20.1. The Bertz CT molecular complexity index is 1550. The third kappa shape index (κ3) is 6.13. The number of likely N-dealkylation sites (tertiary alicyclic amines) is 1. The second-order valence-corrected chi connectivity index (χ2v) is 14.4. The van der Waals surface area contributed by atoms with Crippen molar-refractivity contribution in [1.82, 2.24) is 14.7 Å². The normalized spacial score (nSPS) is 27.7. The maximum atomic E-state index is 16.0. The first kappa shape index (κ1) is 31.7. The Balaban J connectivity index is 1.62. The molecule has 2 aromatic carbocycles. The number of anilines is 1. The summed E-state index contributed by atoms with van der Waals surface area (Å²) >= 11 is 12.4. The van der Waals surface area contributed by atoms with E-state index in [-0.39, 0.29) is 26.6 Å². The van der Waals surface area contributed by atoms with Gasteiger partial charge in [-0.25, -0.2) is 8.78 Å². The van der Waals surface area contributed by atoms with Crippen LogP contribution in [0.25, 0.3) is 0 Å². The van der Waals surface area contributed by atoms with Crippen molar-refractivity contribution in [2.24, 2.45) is 5.41 Å². The van der Waals surface area contributed by atoms with Gasteiger partial charge >= 0.3 is 0 Å². The molecule has 6 unspecified atom stereocenters. The minimum Gasteiger partial charge on any atom is -0.389 e. The number of benzene rings is 2. The van der Waals surface area contributed by atoms with E-state index < -0.39 is 53.0 Å². The van der Waals surface area contributed by atoms with E-state index in [1.165, 1.54) is 12.1 Å². The summed E-state index contributed by atoms with van der Waals surface area (Å²) in [6, 6.07) is 12.3. The van der Waals surface area contributed by atoms with Gasteiger partial charge in [0.2, 0.25) is 0 Å². The molecule has 2 aliphatic rings. The Kier molecular flexibility index (Phi) is 8.34. The topological polar surface area (TPSA) is 89.6 Å². The van der Waals surface area contributed by atoms with Gasteiger partial charge in [-0.3, -0.25) is 9.58 Å². The van der Waals surface area contributed by atoms with Gasteiger partial charge in [0.05, 0.1) is 23.2 Å². The van der Waals surface area contributed by atoms with E-state index in [9.17, 15) is 10.4 Å². The highest BCUT2D eigenvalue weighted by Gasteiger charge is 2.67. The molecular weight excluding hydrogens is 595 g/mol. The van der Waals surface area contributed by atoms with Crippen molar-refractivity contribution in [2.45, 2.75) is 88.9 Å². The maximum Gasteiger partial charge on any atom is 0.157 e. The van der Waals surface area contributed by atoms with Gasteiger partial charge in [0.25, 0.3) is 0 Å². The van der Waals surface area contributed by atoms with Crippen molar-refractivity contribution in [3.05, 3.63) is 81.5 Å². The van der Waals surface area contributed by atoms with Crippen LogP contribution in [0.1, 0.15) is 58.1 Å². The van der Waals surface area contributed by atoms with Crippen LogP contribution in [-0.2, 0) is 16.7 Å². The lowest BCUT2D eigenvalue weighted by molar-refractivity contribution is 0.0578. The molecule has 0 saturated carbocycles. The minimum absolute atomic E-state index is 0.0784. The number of aliphatic hydroxyl groups is 1. The van der Waals surface area contributed by atoms with Gasteiger partial charge in [-0.15, -0.1) is 0 Å². The number of likely N-dealkylation sites (N-methyl/N-ethyl adjacent to an activating group) is 1. The summed E-state index contributed by atoms with van der Waals surface area (Å²) in [5.41, 5.74) is -2.34. The molecule has 7 nitrogen and oxygen atoms in total. The summed E-state index contributed by atoms with van der Waals surface area (Å²) in [7, 11) is 1.89. The Labute approximate surface area is 261 Å². The van der Waals surface area contributed by atoms with Gasteiger partial charge < -0.3 is 15.2 Å². The molecule has 2 fully saturated rings. The number of hydrogen-bond donors (Lipinski definition) is 2. The Morgan fingerprint density at radius 3 is 2.49 bits per heavy atom. The highest BCUT2D eigenvalue weighted by molar-refractivity contribution is 6.31. The van der Waals surface area contributed by atoms with E-state index in [0.29, 0.717) is 18.8 Å². The van der Waals surface area contributed by atoms with Crippen molar-refractivity contribution in [2.75, 3.05) is 12.4 Å². The fourth-order valence-electron chi connectivity index (χ4n) is 6.68. The summed E-state index contributed by atoms with van der Waals surface area (Å²) in [5, 5.41) is 29.2. The lowest BCUT2D eigenvalue weighted by Crippen LogP contribution is -2.45. The predicted octanol–water partition coefficient (Wildman–Crippen LogP) is 6.74. The van der Waals surface area contributed by atoms with Crippen LogP contribution in [-0.4, -0.2) is 56.9 Å². The molecule has 0 bridgehead atoms. The van der Waals surface area contributed by atoms with Crippen molar-refractivity contribution in [3.63, 3.8) is 0 Å². The molecule has 0 radical (unpaired) electrons. The zero-order valence-electron chi connectivity index (χ0n) is 25.1. The molecule has 0 spiro atoms. The minimum atomic E-state index is -1.52. The zero-order valence-corrected chi connectivity index (χ0v) is 26.6. The second kappa shape index (κ2) is 11.3. The fourth-order valence-corrected chi connectivity index (χ4v) is 7.02. The third-order valence-corrected chi connectivity index (χ3v) is 8.87. The Morgan fingerprint density at radius 1 is 1.14 bits per heavy atom. The first-order valence-corrected chi connectivity index (χ1v) is 15.0. The third-order valence-electron chi connectivity index (χ3n) is 8.35. The molecule has 43 heavy (non-hydrogen) atoms. The maximum absolute atomic E-state index is 16.0. The average molecular weight is 633 g/mol. The van der Waals surface area contributed by atoms with Crippen molar-refractivity contribution >= 4 is 29.0 Å². The molecule has 3 heterocycles. The van der Waals surface area contributed by atoms with Gasteiger partial charge in [0.1, 0.15) is 29.0 Å². The highest BCUT2D eigenvalue weighted by atomic mass is 35.5. The first-order valence-electron chi connectivity index (χ1n) is 14.3. The van der Waals surface area contributed by atoms with Crippen molar-refractivity contribution < 1.29 is 18.6 Å². The van der Waals surface area contributed by atoms with E-state index in [2.05, 4.69) is 37.3 Å². The molecule has 6 atom stereocenters. The summed E-state index contributed by atoms with van der Waals surface area (Å²) in [6.07, 6.45) is 1.29. The van der Waals surface area contributed by atoms with E-state index >= 15 is 8.78 Å². The largest absolute Gasteiger partial charge is 0.389 e. The van der Waals surface area contributed by atoms with Gasteiger partial charge in [-0.1, -0.05) is 62.2 Å². The average Bonchev–Trinajstić information content (AvgIpc) is 3.43. The molecule has 2 N–H and O–H groups in total. The number of epoxide rings is 1. The van der Waals surface area contributed by atoms with Crippen molar-refractivity contribution in [3.8, 4) is 6.07 Å². The number of rotatable bonds is 8. The number of nitrogens with zero attached hydrogens (tertiary/aromatic N) is 4. The lowest BCUT2D eigenvalue weighted by atomic mass is 9.62. The summed E-state index contributed by atoms with van der Waals surface area (Å²) in [6.45, 7) is 9.89. The van der Waals surface area contributed by atoms with E-state index in [1.54, 1.807) is 55.1 Å². The van der Waals surface area contributed by atoms with Crippen LogP contribution in [0.3, 0.4) is 0 Å². The second-order valence-electron chi connectivity index (χ2n) is 13.5. The smallest absolute Gasteiger partial charge is 0.157 e. The number of aromatic nitrogens is 2. The van der Waals surface area contributed by atoms with E-state index in [4.69, 9.17) is 27.9 Å². The summed E-state index contributed by atoms with van der Waals surface area (Å²) in [4.78, 5) is 2.05. The number of hydrogen-bond acceptors (Lipinski definition) is 6. The monoisotopic (exact) mass is 631 g/mol. The van der Waals surface area contributed by atoms with Crippen LogP contribution < -0.4 is 5.32 Å². The van der Waals surface area contributed by atoms with E-state index in [0.717, 1.165) is 0 Å². The van der Waals surface area contributed by atoms with Gasteiger partial charge in [-0.2, -0.15) is 10.4 Å². The SMILES string of the molecule is CN1C(C2OC2Nc2ccn(CC(C)(C)O)n2)C(c2cccc(Cl)c2F)C(C#N)(c2ccc(Cl)cc2F)C1CC(C)(C)C. The van der Waals surface area contributed by atoms with Crippen LogP contribution in [0.5, 0.6) is 0 Å². The number of ether oxygens (including phenoxy) is 1. The van der Waals surface area contributed by atoms with Gasteiger partial charge in [-0.05, 0) is 56.5 Å². The molecule has 2 saturated heterocycles. The molecule has 2 aliphatic heterocycles. The van der Waals surface area contributed by atoms with E-state index in [1.807, 2.05) is 11.9 Å². The molecule has 0 aliphatic carbocycles. The van der Waals surface area contributed by atoms with Gasteiger partial charge in [0, 0.05) is 40.9 Å². The number of nitrogens with one attached hydrogen (secondary N) is 1. The van der Waals surface area contributed by atoms with Crippen LogP contribution in [0, 0.1) is 28.4 Å². The molecule has 3 aromatic rings. The number of nitriles is 1. The fraction of sp³-hybridized carbons (Fsp3) is 0.500. The highest BCUT2D eigenvalue weighted by Crippen LogP contribution is 2.58. The quantitative estimate of drug-likeness (QED) is 0.268. The lowest BCUT2D eigenvalue weighted by Gasteiger charge is -2.38. The standard InChI is InChI=1S/C32H37Cl2F2N5O2/c1-30(2,3)15-23-32(16-37,20-11-10-18(33)14-22(20)35)25(19-8-7-9-21(34)26(19)36)27(40(23)6)28-29(43-28)38-24-12-13-41(39-24)17-31(4,5)42/h7-14,23,25,27-29,42H,15,17H2,1-6H3,(H,38,39). The van der Waals surface area contributed by atoms with Crippen molar-refractivity contribution in [1.29, 1.82) is 5.26 Å². The molecule has 230 valence electrons. The van der Waals surface area contributed by atoms with Gasteiger partial charge in [0.15, 0.2) is 6.23 Å². The summed E-state index contributed by atoms with van der Waals surface area (Å²) < 4.78 is 39.7.